The van der Waals surface area contributed by atoms with Crippen molar-refractivity contribution in [3.8, 4) is 0 Å². The van der Waals surface area contributed by atoms with Crippen LogP contribution in [0, 0.1) is 0 Å². The van der Waals surface area contributed by atoms with Crippen molar-refractivity contribution in [2.45, 2.75) is 43.7 Å². The van der Waals surface area contributed by atoms with Crippen molar-refractivity contribution in [1.29, 1.82) is 0 Å². The molecule has 1 amide bonds. The molecule has 24 heavy (non-hydrogen) atoms. The molecule has 6 heteroatoms. The summed E-state index contributed by atoms with van der Waals surface area (Å²) < 4.78 is 11.3. The van der Waals surface area contributed by atoms with E-state index in [0.717, 1.165) is 65.0 Å². The second kappa shape index (κ2) is 8.13. The first-order valence-corrected chi connectivity index (χ1v) is 9.46. The molecule has 0 bridgehead atoms. The second-order valence-electron chi connectivity index (χ2n) is 7.77. The van der Waals surface area contributed by atoms with E-state index < -0.39 is 0 Å². The zero-order valence-corrected chi connectivity index (χ0v) is 15.3. The lowest BCUT2D eigenvalue weighted by molar-refractivity contribution is -0.144. The molecule has 3 heterocycles. The highest BCUT2D eigenvalue weighted by Gasteiger charge is 2.42. The van der Waals surface area contributed by atoms with Crippen LogP contribution in [0.1, 0.15) is 32.1 Å². The first-order chi connectivity index (χ1) is 11.6. The zero-order chi connectivity index (χ0) is 17.0. The summed E-state index contributed by atoms with van der Waals surface area (Å²) in [5.74, 6) is 0.136. The molecule has 0 saturated carbocycles. The van der Waals surface area contributed by atoms with Gasteiger partial charge in [0.15, 0.2) is 0 Å². The Balaban J connectivity index is 1.46. The van der Waals surface area contributed by atoms with Crippen LogP contribution < -0.4 is 0 Å². The van der Waals surface area contributed by atoms with E-state index in [2.05, 4.69) is 23.9 Å². The van der Waals surface area contributed by atoms with Crippen molar-refractivity contribution in [1.82, 2.24) is 14.7 Å². The molecule has 0 aromatic heterocycles. The van der Waals surface area contributed by atoms with Crippen molar-refractivity contribution in [2.24, 2.45) is 0 Å². The van der Waals surface area contributed by atoms with E-state index in [9.17, 15) is 4.79 Å². The number of ether oxygens (including phenoxy) is 2. The molecular weight excluding hydrogens is 306 g/mol. The number of hydrogen-bond acceptors (Lipinski definition) is 5. The van der Waals surface area contributed by atoms with Gasteiger partial charge in [0, 0.05) is 31.8 Å². The fraction of sp³-hybridized carbons (Fsp3) is 0.944. The third kappa shape index (κ3) is 4.28. The van der Waals surface area contributed by atoms with E-state index in [1.807, 2.05) is 4.90 Å². The lowest BCUT2D eigenvalue weighted by Gasteiger charge is -2.52. The molecule has 1 atom stereocenters. The molecule has 0 aromatic carbocycles. The maximum atomic E-state index is 12.6. The Bertz CT molecular complexity index is 418. The SMILES string of the molecule is CN1CCC2(CC1)CN(C(=O)COC[C@@H]1CCCCO1)CCN2C. The molecule has 0 radical (unpaired) electrons. The van der Waals surface area contributed by atoms with Gasteiger partial charge in [0.05, 0.1) is 12.7 Å². The highest BCUT2D eigenvalue weighted by molar-refractivity contribution is 5.77. The molecule has 0 N–H and O–H groups in total. The molecule has 6 nitrogen and oxygen atoms in total. The molecule has 3 aliphatic rings. The number of carbonyl (C=O) groups excluding carboxylic acids is 1. The van der Waals surface area contributed by atoms with Crippen LogP contribution in [0.3, 0.4) is 0 Å². The fourth-order valence-electron chi connectivity index (χ4n) is 4.16. The summed E-state index contributed by atoms with van der Waals surface area (Å²) in [6.07, 6.45) is 5.87. The Morgan fingerprint density at radius 2 is 1.96 bits per heavy atom. The summed E-state index contributed by atoms with van der Waals surface area (Å²) in [7, 11) is 4.39. The number of likely N-dealkylation sites (tertiary alicyclic amines) is 1. The number of likely N-dealkylation sites (N-methyl/N-ethyl adjacent to an activating group) is 1. The van der Waals surface area contributed by atoms with Gasteiger partial charge < -0.3 is 19.3 Å². The minimum Gasteiger partial charge on any atom is -0.376 e. The van der Waals surface area contributed by atoms with Crippen LogP contribution in [0.15, 0.2) is 0 Å². The van der Waals surface area contributed by atoms with Gasteiger partial charge in [-0.25, -0.2) is 0 Å². The average Bonchev–Trinajstić information content (AvgIpc) is 2.61. The van der Waals surface area contributed by atoms with Crippen molar-refractivity contribution in [3.63, 3.8) is 0 Å². The van der Waals surface area contributed by atoms with E-state index in [1.54, 1.807) is 0 Å². The predicted molar refractivity (Wildman–Crippen MR) is 93.1 cm³/mol. The van der Waals surface area contributed by atoms with Crippen molar-refractivity contribution >= 4 is 5.91 Å². The summed E-state index contributed by atoms with van der Waals surface area (Å²) in [4.78, 5) is 19.4. The Labute approximate surface area is 146 Å². The maximum absolute atomic E-state index is 12.6. The minimum absolute atomic E-state index is 0.136. The molecule has 3 rings (SSSR count). The van der Waals surface area contributed by atoms with Gasteiger partial charge in [-0.3, -0.25) is 9.69 Å². The van der Waals surface area contributed by atoms with Crippen LogP contribution in [0.5, 0.6) is 0 Å². The number of carbonyl (C=O) groups is 1. The fourth-order valence-corrected chi connectivity index (χ4v) is 4.16. The Hall–Kier alpha value is -0.690. The molecule has 0 unspecified atom stereocenters. The monoisotopic (exact) mass is 339 g/mol. The van der Waals surface area contributed by atoms with E-state index in [-0.39, 0.29) is 24.2 Å². The van der Waals surface area contributed by atoms with E-state index in [0.29, 0.717) is 6.61 Å². The van der Waals surface area contributed by atoms with Gasteiger partial charge in [-0.1, -0.05) is 0 Å². The van der Waals surface area contributed by atoms with Gasteiger partial charge in [-0.05, 0) is 59.3 Å². The summed E-state index contributed by atoms with van der Waals surface area (Å²) in [6.45, 7) is 6.42. The number of hydrogen-bond donors (Lipinski definition) is 0. The first-order valence-electron chi connectivity index (χ1n) is 9.46. The van der Waals surface area contributed by atoms with Gasteiger partial charge >= 0.3 is 0 Å². The smallest absolute Gasteiger partial charge is 0.248 e. The van der Waals surface area contributed by atoms with Crippen LogP contribution in [0.4, 0.5) is 0 Å². The topological polar surface area (TPSA) is 45.3 Å². The molecular formula is C18H33N3O3. The largest absolute Gasteiger partial charge is 0.376 e. The van der Waals surface area contributed by atoms with Crippen LogP contribution in [-0.4, -0.2) is 98.9 Å². The van der Waals surface area contributed by atoms with Crippen LogP contribution in [-0.2, 0) is 14.3 Å². The predicted octanol–water partition coefficient (Wildman–Crippen LogP) is 0.811. The molecule has 138 valence electrons. The molecule has 3 aliphatic heterocycles. The first kappa shape index (κ1) is 18.1. The Morgan fingerprint density at radius 1 is 1.17 bits per heavy atom. The summed E-state index contributed by atoms with van der Waals surface area (Å²) >= 11 is 0. The number of amides is 1. The van der Waals surface area contributed by atoms with Crippen molar-refractivity contribution in [2.75, 3.05) is 66.6 Å². The summed E-state index contributed by atoms with van der Waals surface area (Å²) in [5.41, 5.74) is 0.160. The summed E-state index contributed by atoms with van der Waals surface area (Å²) in [5, 5.41) is 0. The Morgan fingerprint density at radius 3 is 2.67 bits per heavy atom. The van der Waals surface area contributed by atoms with Crippen LogP contribution in [0.2, 0.25) is 0 Å². The van der Waals surface area contributed by atoms with Crippen molar-refractivity contribution < 1.29 is 14.3 Å². The molecule has 3 saturated heterocycles. The van der Waals surface area contributed by atoms with E-state index in [4.69, 9.17) is 9.47 Å². The van der Waals surface area contributed by atoms with Crippen LogP contribution >= 0.6 is 0 Å². The number of rotatable bonds is 4. The van der Waals surface area contributed by atoms with Gasteiger partial charge in [0.25, 0.3) is 0 Å². The lowest BCUT2D eigenvalue weighted by atomic mass is 9.84. The lowest BCUT2D eigenvalue weighted by Crippen LogP contribution is -2.65. The number of piperidine rings is 1. The highest BCUT2D eigenvalue weighted by atomic mass is 16.5. The van der Waals surface area contributed by atoms with E-state index >= 15 is 0 Å². The average molecular weight is 339 g/mol. The van der Waals surface area contributed by atoms with Crippen LogP contribution in [0.25, 0.3) is 0 Å². The molecule has 0 aliphatic carbocycles. The van der Waals surface area contributed by atoms with Gasteiger partial charge in [-0.2, -0.15) is 0 Å². The normalized spacial score (nSPS) is 29.1. The highest BCUT2D eigenvalue weighted by Crippen LogP contribution is 2.31. The third-order valence-corrected chi connectivity index (χ3v) is 6.07. The molecule has 1 spiro atoms. The number of piperazine rings is 1. The zero-order valence-electron chi connectivity index (χ0n) is 15.3. The summed E-state index contributed by atoms with van der Waals surface area (Å²) in [6, 6.07) is 0. The third-order valence-electron chi connectivity index (χ3n) is 6.07. The molecule has 3 fully saturated rings. The van der Waals surface area contributed by atoms with Gasteiger partial charge in [-0.15, -0.1) is 0 Å². The maximum Gasteiger partial charge on any atom is 0.248 e. The van der Waals surface area contributed by atoms with Gasteiger partial charge in [0.1, 0.15) is 6.61 Å². The molecule has 0 aromatic rings. The number of nitrogens with zero attached hydrogens (tertiary/aromatic N) is 3. The second-order valence-corrected chi connectivity index (χ2v) is 7.77. The van der Waals surface area contributed by atoms with Gasteiger partial charge in [0.2, 0.25) is 5.91 Å². The van der Waals surface area contributed by atoms with Crippen molar-refractivity contribution in [3.05, 3.63) is 0 Å². The van der Waals surface area contributed by atoms with E-state index in [1.165, 1.54) is 6.42 Å². The Kier molecular flexibility index (Phi) is 6.13. The standard InChI is InChI=1S/C18H33N3O3/c1-19-8-6-18(7-9-19)15-21(11-10-20(18)2)17(22)14-23-13-16-5-3-4-12-24-16/h16H,3-15H2,1-2H3/t16-/m0/s1. The minimum atomic E-state index is 0.136. The quantitative estimate of drug-likeness (QED) is 0.758.